The third-order valence-electron chi connectivity index (χ3n) is 4.18. The van der Waals surface area contributed by atoms with E-state index in [1.807, 2.05) is 53.1 Å². The molecule has 2 N–H and O–H groups in total. The second-order valence-electron chi connectivity index (χ2n) is 5.56. The molecule has 4 rings (SSSR count). The van der Waals surface area contributed by atoms with Crippen LogP contribution in [0, 0.1) is 11.7 Å². The quantitative estimate of drug-likeness (QED) is 0.545. The van der Waals surface area contributed by atoms with E-state index < -0.39 is 0 Å². The zero-order valence-electron chi connectivity index (χ0n) is 13.3. The molecule has 24 heavy (non-hydrogen) atoms. The van der Waals surface area contributed by atoms with E-state index in [9.17, 15) is 0 Å². The van der Waals surface area contributed by atoms with Crippen molar-refractivity contribution in [2.24, 2.45) is 0 Å². The highest BCUT2D eigenvalue weighted by molar-refractivity contribution is 7.71. The number of ether oxygens (including phenoxy) is 1. The normalized spacial score (nSPS) is 11.1. The van der Waals surface area contributed by atoms with Crippen LogP contribution in [-0.4, -0.2) is 26.9 Å². The zero-order valence-corrected chi connectivity index (χ0v) is 14.1. The highest BCUT2D eigenvalue weighted by Gasteiger charge is 2.17. The van der Waals surface area contributed by atoms with E-state index in [-0.39, 0.29) is 0 Å². The van der Waals surface area contributed by atoms with Crippen molar-refractivity contribution in [2.75, 3.05) is 7.11 Å². The average molecular weight is 336 g/mol. The predicted molar refractivity (Wildman–Crippen MR) is 97.3 cm³/mol. The summed E-state index contributed by atoms with van der Waals surface area (Å²) in [5.74, 6) is 1.59. The van der Waals surface area contributed by atoms with Gasteiger partial charge < -0.3 is 9.72 Å². The number of hydrogen-bond acceptors (Lipinski definition) is 3. The van der Waals surface area contributed by atoms with E-state index >= 15 is 0 Å². The number of para-hydroxylation sites is 1. The minimum atomic E-state index is 0.562. The second kappa shape index (κ2) is 5.65. The monoisotopic (exact) mass is 336 g/mol. The van der Waals surface area contributed by atoms with Crippen LogP contribution in [0.4, 0.5) is 0 Å². The Morgan fingerprint density at radius 2 is 1.92 bits per heavy atom. The molecule has 0 saturated heterocycles. The molecule has 5 nitrogen and oxygen atoms in total. The molecule has 2 heterocycles. The lowest BCUT2D eigenvalue weighted by Crippen LogP contribution is -1.98. The Morgan fingerprint density at radius 1 is 1.12 bits per heavy atom. The number of aryl methyl sites for hydroxylation is 1. The summed E-state index contributed by atoms with van der Waals surface area (Å²) in [7, 11) is 1.67. The van der Waals surface area contributed by atoms with Gasteiger partial charge in [0.2, 0.25) is 0 Å². The minimum Gasteiger partial charge on any atom is -0.497 e. The van der Waals surface area contributed by atoms with Crippen LogP contribution in [0.2, 0.25) is 0 Å². The van der Waals surface area contributed by atoms with Gasteiger partial charge in [-0.05, 0) is 55.0 Å². The number of aromatic nitrogens is 4. The van der Waals surface area contributed by atoms with Crippen molar-refractivity contribution in [3.8, 4) is 23.0 Å². The maximum absolute atomic E-state index is 5.43. The molecule has 0 amide bonds. The molecule has 6 heteroatoms. The molecule has 0 aliphatic heterocycles. The Morgan fingerprint density at radius 3 is 2.67 bits per heavy atom. The SMILES string of the molecule is COc1ccc2[nH]c(-c3n[nH]c(=S)n3-c3ccccc3)c(C)c2c1. The molecule has 0 bridgehead atoms. The van der Waals surface area contributed by atoms with Crippen LogP contribution in [0.25, 0.3) is 28.1 Å². The van der Waals surface area contributed by atoms with E-state index in [0.717, 1.165) is 39.4 Å². The molecular formula is C18H16N4OS. The number of aromatic amines is 2. The smallest absolute Gasteiger partial charge is 0.200 e. The fraction of sp³-hybridized carbons (Fsp3) is 0.111. The van der Waals surface area contributed by atoms with Gasteiger partial charge in [0.1, 0.15) is 5.75 Å². The first-order chi connectivity index (χ1) is 11.7. The summed E-state index contributed by atoms with van der Waals surface area (Å²) in [4.78, 5) is 3.45. The van der Waals surface area contributed by atoms with Crippen molar-refractivity contribution in [3.05, 3.63) is 58.9 Å². The van der Waals surface area contributed by atoms with Crippen molar-refractivity contribution < 1.29 is 4.74 Å². The lowest BCUT2D eigenvalue weighted by atomic mass is 10.1. The lowest BCUT2D eigenvalue weighted by Gasteiger charge is -2.06. The molecule has 0 unspecified atom stereocenters. The summed E-state index contributed by atoms with van der Waals surface area (Å²) >= 11 is 5.43. The van der Waals surface area contributed by atoms with Gasteiger partial charge in [-0.15, -0.1) is 0 Å². The fourth-order valence-corrected chi connectivity index (χ4v) is 3.18. The molecular weight excluding hydrogens is 320 g/mol. The summed E-state index contributed by atoms with van der Waals surface area (Å²) in [6, 6.07) is 15.9. The Hall–Kier alpha value is -2.86. The zero-order chi connectivity index (χ0) is 16.7. The van der Waals surface area contributed by atoms with Gasteiger partial charge in [-0.2, -0.15) is 5.10 Å². The molecule has 4 aromatic rings. The van der Waals surface area contributed by atoms with Crippen LogP contribution in [0.5, 0.6) is 5.75 Å². The summed E-state index contributed by atoms with van der Waals surface area (Å²) in [5, 5.41) is 8.45. The molecule has 0 atom stereocenters. The van der Waals surface area contributed by atoms with E-state index in [1.165, 1.54) is 0 Å². The summed E-state index contributed by atoms with van der Waals surface area (Å²) in [6.45, 7) is 2.07. The lowest BCUT2D eigenvalue weighted by molar-refractivity contribution is 0.415. The highest BCUT2D eigenvalue weighted by atomic mass is 32.1. The van der Waals surface area contributed by atoms with Crippen LogP contribution in [-0.2, 0) is 0 Å². The van der Waals surface area contributed by atoms with Crippen LogP contribution in [0.3, 0.4) is 0 Å². The van der Waals surface area contributed by atoms with E-state index in [1.54, 1.807) is 7.11 Å². The molecule has 2 aromatic heterocycles. The summed E-state index contributed by atoms with van der Waals surface area (Å²) < 4.78 is 7.83. The number of rotatable bonds is 3. The summed E-state index contributed by atoms with van der Waals surface area (Å²) in [6.07, 6.45) is 0. The summed E-state index contributed by atoms with van der Waals surface area (Å²) in [5.41, 5.74) is 4.06. The standard InChI is InChI=1S/C18H16N4OS/c1-11-14-10-13(23-2)8-9-15(14)19-16(11)17-20-21-18(24)22(17)12-6-4-3-5-7-12/h3-10,19H,1-2H3,(H,21,24). The van der Waals surface area contributed by atoms with Gasteiger partial charge >= 0.3 is 0 Å². The maximum atomic E-state index is 5.43. The molecule has 0 radical (unpaired) electrons. The predicted octanol–water partition coefficient (Wildman–Crippen LogP) is 4.40. The van der Waals surface area contributed by atoms with Gasteiger partial charge in [0.05, 0.1) is 18.5 Å². The molecule has 0 aliphatic rings. The number of methoxy groups -OCH3 is 1. The minimum absolute atomic E-state index is 0.562. The molecule has 0 aliphatic carbocycles. The number of H-pyrrole nitrogens is 2. The van der Waals surface area contributed by atoms with Crippen molar-refractivity contribution in [1.82, 2.24) is 19.7 Å². The Balaban J connectivity index is 1.97. The first-order valence-corrected chi connectivity index (χ1v) is 7.99. The first-order valence-electron chi connectivity index (χ1n) is 7.58. The Kier molecular flexibility index (Phi) is 3.46. The van der Waals surface area contributed by atoms with E-state index in [2.05, 4.69) is 22.1 Å². The topological polar surface area (TPSA) is 58.6 Å². The van der Waals surface area contributed by atoms with Gasteiger partial charge in [-0.25, -0.2) is 0 Å². The largest absolute Gasteiger partial charge is 0.497 e. The van der Waals surface area contributed by atoms with Gasteiger partial charge in [0, 0.05) is 10.9 Å². The third kappa shape index (κ3) is 2.23. The van der Waals surface area contributed by atoms with Gasteiger partial charge in [-0.1, -0.05) is 18.2 Å². The third-order valence-corrected chi connectivity index (χ3v) is 4.45. The molecule has 120 valence electrons. The van der Waals surface area contributed by atoms with Crippen molar-refractivity contribution >= 4 is 23.1 Å². The molecule has 2 aromatic carbocycles. The number of hydrogen-bond donors (Lipinski definition) is 2. The van der Waals surface area contributed by atoms with Crippen LogP contribution in [0.15, 0.2) is 48.5 Å². The Labute approximate surface area is 143 Å². The molecule has 0 saturated carbocycles. The van der Waals surface area contributed by atoms with Gasteiger partial charge in [-0.3, -0.25) is 9.67 Å². The van der Waals surface area contributed by atoms with Crippen molar-refractivity contribution in [2.45, 2.75) is 6.92 Å². The fourth-order valence-electron chi connectivity index (χ4n) is 2.94. The maximum Gasteiger partial charge on any atom is 0.200 e. The molecule has 0 fully saturated rings. The van der Waals surface area contributed by atoms with E-state index in [0.29, 0.717) is 4.77 Å². The number of fused-ring (bicyclic) bond motifs is 1. The Bertz CT molecular complexity index is 1080. The first kappa shape index (κ1) is 14.7. The number of benzene rings is 2. The van der Waals surface area contributed by atoms with E-state index in [4.69, 9.17) is 17.0 Å². The molecule has 0 spiro atoms. The van der Waals surface area contributed by atoms with Crippen molar-refractivity contribution in [3.63, 3.8) is 0 Å². The van der Waals surface area contributed by atoms with Gasteiger partial charge in [0.15, 0.2) is 10.6 Å². The van der Waals surface area contributed by atoms with Crippen molar-refractivity contribution in [1.29, 1.82) is 0 Å². The number of nitrogens with one attached hydrogen (secondary N) is 2. The van der Waals surface area contributed by atoms with Crippen LogP contribution >= 0.6 is 12.2 Å². The van der Waals surface area contributed by atoms with Gasteiger partial charge in [0.25, 0.3) is 0 Å². The van der Waals surface area contributed by atoms with Crippen LogP contribution in [0.1, 0.15) is 5.56 Å². The number of nitrogens with zero attached hydrogens (tertiary/aromatic N) is 2. The second-order valence-corrected chi connectivity index (χ2v) is 5.95. The highest BCUT2D eigenvalue weighted by Crippen LogP contribution is 2.32. The van der Waals surface area contributed by atoms with Crippen LogP contribution < -0.4 is 4.74 Å². The average Bonchev–Trinajstić information content (AvgIpc) is 3.15.